The molecule has 0 aromatic carbocycles. The van der Waals surface area contributed by atoms with E-state index in [1.807, 2.05) is 17.7 Å². The summed E-state index contributed by atoms with van der Waals surface area (Å²) in [5.74, 6) is 0.377. The van der Waals surface area contributed by atoms with Crippen LogP contribution in [0.5, 0.6) is 0 Å². The minimum absolute atomic E-state index is 0.0402. The molecule has 1 aromatic rings. The molecule has 1 aromatic heterocycles. The molecule has 0 spiro atoms. The predicted molar refractivity (Wildman–Crippen MR) is 68.7 cm³/mol. The summed E-state index contributed by atoms with van der Waals surface area (Å²) in [6.07, 6.45) is 5.11. The minimum atomic E-state index is -0.459. The lowest BCUT2D eigenvalue weighted by Crippen LogP contribution is -2.35. The smallest absolute Gasteiger partial charge is 0.242 e. The van der Waals surface area contributed by atoms with E-state index in [-0.39, 0.29) is 11.4 Å². The van der Waals surface area contributed by atoms with E-state index in [0.717, 1.165) is 6.42 Å². The number of carbonyl (C=O) groups is 1. The van der Waals surface area contributed by atoms with E-state index in [1.54, 1.807) is 6.33 Å². The molecule has 0 aliphatic carbocycles. The van der Waals surface area contributed by atoms with Crippen LogP contribution < -0.4 is 11.1 Å². The topological polar surface area (TPSA) is 72.9 Å². The number of hydrogen-bond donors (Lipinski definition) is 2. The van der Waals surface area contributed by atoms with Crippen LogP contribution in [-0.2, 0) is 10.3 Å². The van der Waals surface area contributed by atoms with E-state index in [2.05, 4.69) is 31.1 Å². The third-order valence-electron chi connectivity index (χ3n) is 2.54. The number of carbonyl (C=O) groups excluding carboxylic acids is 1. The normalized spacial score (nSPS) is 13.5. The number of aromatic nitrogens is 2. The Morgan fingerprint density at radius 2 is 2.24 bits per heavy atom. The number of anilines is 1. The van der Waals surface area contributed by atoms with Crippen LogP contribution in [0.2, 0.25) is 0 Å². The molecule has 5 heteroatoms. The van der Waals surface area contributed by atoms with Crippen molar-refractivity contribution in [2.45, 2.75) is 52.1 Å². The fourth-order valence-electron chi connectivity index (χ4n) is 1.42. The van der Waals surface area contributed by atoms with Crippen molar-refractivity contribution in [2.75, 3.05) is 5.32 Å². The first-order chi connectivity index (χ1) is 7.84. The minimum Gasteiger partial charge on any atom is -0.330 e. The van der Waals surface area contributed by atoms with E-state index in [1.165, 1.54) is 0 Å². The average Bonchev–Trinajstić information content (AvgIpc) is 2.66. The molecule has 96 valence electrons. The van der Waals surface area contributed by atoms with Gasteiger partial charge in [0.25, 0.3) is 0 Å². The molecule has 1 amide bonds. The Morgan fingerprint density at radius 3 is 2.71 bits per heavy atom. The lowest BCUT2D eigenvalue weighted by molar-refractivity contribution is -0.117. The van der Waals surface area contributed by atoms with Gasteiger partial charge in [-0.3, -0.25) is 4.79 Å². The molecule has 0 bridgehead atoms. The quantitative estimate of drug-likeness (QED) is 0.838. The Kier molecular flexibility index (Phi) is 4.28. The maximum Gasteiger partial charge on any atom is 0.242 e. The van der Waals surface area contributed by atoms with E-state index in [0.29, 0.717) is 12.2 Å². The fraction of sp³-hybridized carbons (Fsp3) is 0.667. The number of hydrogen-bond acceptors (Lipinski definition) is 3. The molecule has 1 unspecified atom stereocenters. The highest BCUT2D eigenvalue weighted by molar-refractivity contribution is 5.93. The monoisotopic (exact) mass is 238 g/mol. The second-order valence-corrected chi connectivity index (χ2v) is 5.22. The molecule has 1 rings (SSSR count). The van der Waals surface area contributed by atoms with Crippen molar-refractivity contribution in [3.8, 4) is 0 Å². The summed E-state index contributed by atoms with van der Waals surface area (Å²) in [5, 5.41) is 2.72. The maximum absolute atomic E-state index is 11.7. The van der Waals surface area contributed by atoms with Crippen molar-refractivity contribution in [1.29, 1.82) is 0 Å². The van der Waals surface area contributed by atoms with Gasteiger partial charge in [0.15, 0.2) is 5.82 Å². The highest BCUT2D eigenvalue weighted by Crippen LogP contribution is 2.16. The summed E-state index contributed by atoms with van der Waals surface area (Å²) in [5.41, 5.74) is 5.68. The van der Waals surface area contributed by atoms with Crippen molar-refractivity contribution in [2.24, 2.45) is 5.73 Å². The number of rotatable bonds is 4. The molecule has 0 radical (unpaired) electrons. The van der Waals surface area contributed by atoms with Gasteiger partial charge in [0.1, 0.15) is 0 Å². The molecule has 1 heterocycles. The van der Waals surface area contributed by atoms with Crippen LogP contribution in [0.15, 0.2) is 12.5 Å². The van der Waals surface area contributed by atoms with Gasteiger partial charge >= 0.3 is 0 Å². The molecule has 0 aliphatic rings. The Morgan fingerprint density at radius 1 is 1.59 bits per heavy atom. The number of nitrogens with one attached hydrogen (secondary N) is 1. The third kappa shape index (κ3) is 3.85. The summed E-state index contributed by atoms with van der Waals surface area (Å²) in [6, 6.07) is -0.459. The first-order valence-corrected chi connectivity index (χ1v) is 5.95. The second-order valence-electron chi connectivity index (χ2n) is 5.22. The number of amides is 1. The fourth-order valence-corrected chi connectivity index (χ4v) is 1.42. The first kappa shape index (κ1) is 13.7. The molecule has 0 saturated heterocycles. The summed E-state index contributed by atoms with van der Waals surface area (Å²) in [6.45, 7) is 8.22. The van der Waals surface area contributed by atoms with Crippen LogP contribution in [0.25, 0.3) is 0 Å². The van der Waals surface area contributed by atoms with Crippen LogP contribution in [0, 0.1) is 0 Å². The van der Waals surface area contributed by atoms with Crippen molar-refractivity contribution >= 4 is 11.7 Å². The van der Waals surface area contributed by atoms with Crippen LogP contribution in [-0.4, -0.2) is 21.5 Å². The molecule has 0 aliphatic heterocycles. The van der Waals surface area contributed by atoms with Gasteiger partial charge in [-0.25, -0.2) is 4.98 Å². The summed E-state index contributed by atoms with van der Waals surface area (Å²) in [7, 11) is 0. The van der Waals surface area contributed by atoms with Gasteiger partial charge in [-0.1, -0.05) is 13.3 Å². The zero-order chi connectivity index (χ0) is 13.1. The van der Waals surface area contributed by atoms with E-state index >= 15 is 0 Å². The summed E-state index contributed by atoms with van der Waals surface area (Å²) in [4.78, 5) is 15.8. The summed E-state index contributed by atoms with van der Waals surface area (Å²) >= 11 is 0. The van der Waals surface area contributed by atoms with Gasteiger partial charge in [0, 0.05) is 11.7 Å². The van der Waals surface area contributed by atoms with Gasteiger partial charge in [-0.2, -0.15) is 0 Å². The SMILES string of the molecule is CCCC(N)C(=O)Nc1cn(C(C)(C)C)cn1. The summed E-state index contributed by atoms with van der Waals surface area (Å²) < 4.78 is 1.95. The third-order valence-corrected chi connectivity index (χ3v) is 2.54. The van der Waals surface area contributed by atoms with Crippen LogP contribution >= 0.6 is 0 Å². The van der Waals surface area contributed by atoms with E-state index in [9.17, 15) is 4.79 Å². The second kappa shape index (κ2) is 5.31. The lowest BCUT2D eigenvalue weighted by atomic mass is 10.1. The van der Waals surface area contributed by atoms with Crippen LogP contribution in [0.4, 0.5) is 5.82 Å². The maximum atomic E-state index is 11.7. The Labute approximate surface area is 102 Å². The van der Waals surface area contributed by atoms with Crippen LogP contribution in [0.1, 0.15) is 40.5 Å². The predicted octanol–water partition coefficient (Wildman–Crippen LogP) is 1.70. The zero-order valence-corrected chi connectivity index (χ0v) is 11.0. The molecular formula is C12H22N4O. The van der Waals surface area contributed by atoms with Gasteiger partial charge in [-0.15, -0.1) is 0 Å². The molecule has 3 N–H and O–H groups in total. The average molecular weight is 238 g/mol. The Bertz CT molecular complexity index is 378. The van der Waals surface area contributed by atoms with Crippen LogP contribution in [0.3, 0.4) is 0 Å². The molecule has 1 atom stereocenters. The number of imidazole rings is 1. The Balaban J connectivity index is 2.64. The number of nitrogens with two attached hydrogens (primary N) is 1. The van der Waals surface area contributed by atoms with E-state index in [4.69, 9.17) is 5.73 Å². The van der Waals surface area contributed by atoms with Crippen molar-refractivity contribution < 1.29 is 4.79 Å². The zero-order valence-electron chi connectivity index (χ0n) is 11.0. The molecular weight excluding hydrogens is 216 g/mol. The molecule has 5 nitrogen and oxygen atoms in total. The van der Waals surface area contributed by atoms with Gasteiger partial charge in [0.05, 0.1) is 12.4 Å². The molecule has 0 saturated carbocycles. The van der Waals surface area contributed by atoms with Gasteiger partial charge in [-0.05, 0) is 27.2 Å². The molecule has 0 fully saturated rings. The largest absolute Gasteiger partial charge is 0.330 e. The first-order valence-electron chi connectivity index (χ1n) is 5.95. The number of nitrogens with zero attached hydrogens (tertiary/aromatic N) is 2. The van der Waals surface area contributed by atoms with Crippen molar-refractivity contribution in [3.05, 3.63) is 12.5 Å². The van der Waals surface area contributed by atoms with Gasteiger partial charge < -0.3 is 15.6 Å². The van der Waals surface area contributed by atoms with Gasteiger partial charge in [0.2, 0.25) is 5.91 Å². The molecule has 17 heavy (non-hydrogen) atoms. The standard InChI is InChI=1S/C12H22N4O/c1-5-6-9(13)11(17)15-10-7-16(8-14-10)12(2,3)4/h7-9H,5-6,13H2,1-4H3,(H,15,17). The Hall–Kier alpha value is -1.36. The van der Waals surface area contributed by atoms with Crippen molar-refractivity contribution in [1.82, 2.24) is 9.55 Å². The van der Waals surface area contributed by atoms with Crippen molar-refractivity contribution in [3.63, 3.8) is 0 Å². The highest BCUT2D eigenvalue weighted by Gasteiger charge is 2.16. The lowest BCUT2D eigenvalue weighted by Gasteiger charge is -2.19. The highest BCUT2D eigenvalue weighted by atomic mass is 16.2. The van der Waals surface area contributed by atoms with E-state index < -0.39 is 6.04 Å².